The number of aliphatic hydroxyl groups is 2. The third-order valence-electron chi connectivity index (χ3n) is 7.03. The van der Waals surface area contributed by atoms with Crippen molar-refractivity contribution in [1.82, 2.24) is 10.0 Å². The topological polar surface area (TPSA) is 165 Å². The molecule has 42 heavy (non-hydrogen) atoms. The number of hydrogen-bond donors (Lipinski definition) is 6. The Morgan fingerprint density at radius 2 is 1.71 bits per heavy atom. The highest BCUT2D eigenvalue weighted by molar-refractivity contribution is 7.89. The summed E-state index contributed by atoms with van der Waals surface area (Å²) in [7, 11) is -3.42. The number of carboxylic acid groups (broad SMARTS) is 1. The van der Waals surface area contributed by atoms with Gasteiger partial charge >= 0.3 is 0 Å². The first-order chi connectivity index (χ1) is 20.1. The Bertz CT molecular complexity index is 1170. The summed E-state index contributed by atoms with van der Waals surface area (Å²) in [5.41, 5.74) is 2.13. The van der Waals surface area contributed by atoms with Gasteiger partial charge < -0.3 is 30.5 Å². The van der Waals surface area contributed by atoms with E-state index in [2.05, 4.69) is 10.0 Å². The second kappa shape index (κ2) is 19.6. The van der Waals surface area contributed by atoms with Crippen molar-refractivity contribution in [1.29, 1.82) is 0 Å². The summed E-state index contributed by atoms with van der Waals surface area (Å²) < 4.78 is 33.6. The number of carboxylic acids is 1. The SMILES string of the molecule is CC(=O)O.O=S(=O)(NC1CCC1)c1cccc(CCCCOCCCCCCNC[C@H](O)c2ccc(O)c(CO)c2)c1. The van der Waals surface area contributed by atoms with Crippen LogP contribution in [0.25, 0.3) is 0 Å². The maximum atomic E-state index is 12.5. The van der Waals surface area contributed by atoms with Crippen molar-refractivity contribution in [2.24, 2.45) is 0 Å². The van der Waals surface area contributed by atoms with Gasteiger partial charge in [-0.25, -0.2) is 13.1 Å². The normalized spacial score (nSPS) is 14.1. The number of aliphatic hydroxyl groups excluding tert-OH is 2. The standard InChI is InChI=1S/C29H44N2O6S.C2H4O2/c32-22-25-20-24(14-15-28(25)33)29(34)21-30-16-4-1-2-5-17-37-18-6-3-9-23-10-7-13-27(19-23)38(35,36)31-26-11-8-12-26;1-2(3)4/h7,10,13-15,19-20,26,29-34H,1-6,8-9,11-12,16-18,21-22H2;1H3,(H,3,4)/t29-;/m0./s1. The van der Waals surface area contributed by atoms with Crippen LogP contribution in [0.3, 0.4) is 0 Å². The number of nitrogens with one attached hydrogen (secondary N) is 2. The van der Waals surface area contributed by atoms with E-state index in [-0.39, 0.29) is 18.4 Å². The minimum absolute atomic E-state index is 0.0352. The summed E-state index contributed by atoms with van der Waals surface area (Å²) >= 11 is 0. The van der Waals surface area contributed by atoms with E-state index >= 15 is 0 Å². The molecule has 10 nitrogen and oxygen atoms in total. The average molecular weight is 609 g/mol. The fraction of sp³-hybridized carbons (Fsp3) is 0.581. The van der Waals surface area contributed by atoms with Crippen LogP contribution in [0.15, 0.2) is 47.4 Å². The smallest absolute Gasteiger partial charge is 0.300 e. The maximum Gasteiger partial charge on any atom is 0.300 e. The molecule has 0 bridgehead atoms. The molecule has 1 aliphatic rings. The van der Waals surface area contributed by atoms with Gasteiger partial charge in [0.25, 0.3) is 5.97 Å². The van der Waals surface area contributed by atoms with E-state index < -0.39 is 22.1 Å². The molecule has 0 aliphatic heterocycles. The number of benzene rings is 2. The van der Waals surface area contributed by atoms with Gasteiger partial charge in [0.05, 0.1) is 17.6 Å². The van der Waals surface area contributed by atoms with Gasteiger partial charge in [-0.05, 0) is 86.9 Å². The van der Waals surface area contributed by atoms with Crippen LogP contribution >= 0.6 is 0 Å². The highest BCUT2D eigenvalue weighted by Gasteiger charge is 2.24. The van der Waals surface area contributed by atoms with E-state index in [0.29, 0.717) is 22.6 Å². The lowest BCUT2D eigenvalue weighted by Crippen LogP contribution is -2.39. The Morgan fingerprint density at radius 3 is 2.38 bits per heavy atom. The van der Waals surface area contributed by atoms with E-state index in [1.165, 1.54) is 6.07 Å². The molecule has 11 heteroatoms. The zero-order valence-corrected chi connectivity index (χ0v) is 25.4. The van der Waals surface area contributed by atoms with Crippen LogP contribution in [-0.4, -0.2) is 67.2 Å². The summed E-state index contributed by atoms with van der Waals surface area (Å²) in [6, 6.07) is 12.1. The number of carbonyl (C=O) groups is 1. The predicted octanol–water partition coefficient (Wildman–Crippen LogP) is 4.03. The fourth-order valence-corrected chi connectivity index (χ4v) is 5.80. The van der Waals surface area contributed by atoms with Crippen LogP contribution in [0.5, 0.6) is 5.75 Å². The minimum atomic E-state index is -3.42. The molecule has 1 atom stereocenters. The molecule has 0 saturated heterocycles. The fourth-order valence-electron chi connectivity index (χ4n) is 4.42. The van der Waals surface area contributed by atoms with Crippen molar-refractivity contribution in [3.05, 3.63) is 59.2 Å². The van der Waals surface area contributed by atoms with Crippen LogP contribution < -0.4 is 10.0 Å². The van der Waals surface area contributed by atoms with Gasteiger partial charge in [-0.2, -0.15) is 0 Å². The van der Waals surface area contributed by atoms with Gasteiger partial charge in [0, 0.05) is 38.3 Å². The minimum Gasteiger partial charge on any atom is -0.508 e. The van der Waals surface area contributed by atoms with E-state index in [1.807, 2.05) is 12.1 Å². The maximum absolute atomic E-state index is 12.5. The summed E-state index contributed by atoms with van der Waals surface area (Å²) in [6.45, 7) is 3.54. The lowest BCUT2D eigenvalue weighted by Gasteiger charge is -2.26. The molecule has 0 aromatic heterocycles. The van der Waals surface area contributed by atoms with Crippen LogP contribution in [0.4, 0.5) is 0 Å². The van der Waals surface area contributed by atoms with Crippen LogP contribution in [0.1, 0.15) is 87.5 Å². The first-order valence-electron chi connectivity index (χ1n) is 14.8. The molecule has 2 aromatic rings. The summed E-state index contributed by atoms with van der Waals surface area (Å²) in [6.07, 6.45) is 9.25. The van der Waals surface area contributed by atoms with Crippen molar-refractivity contribution in [3.8, 4) is 5.75 Å². The second-order valence-corrected chi connectivity index (χ2v) is 12.4. The van der Waals surface area contributed by atoms with Gasteiger partial charge in [0.15, 0.2) is 0 Å². The number of hydrogen-bond acceptors (Lipinski definition) is 8. The van der Waals surface area contributed by atoms with E-state index in [9.17, 15) is 23.7 Å². The average Bonchev–Trinajstić information content (AvgIpc) is 2.93. The lowest BCUT2D eigenvalue weighted by atomic mass is 9.94. The number of aryl methyl sites for hydroxylation is 1. The monoisotopic (exact) mass is 608 g/mol. The van der Waals surface area contributed by atoms with Crippen molar-refractivity contribution in [2.75, 3.05) is 26.3 Å². The van der Waals surface area contributed by atoms with Gasteiger partial charge in [0.2, 0.25) is 10.0 Å². The van der Waals surface area contributed by atoms with Gasteiger partial charge in [0.1, 0.15) is 5.75 Å². The molecule has 2 aromatic carbocycles. The molecule has 0 unspecified atom stereocenters. The Morgan fingerprint density at radius 1 is 1.02 bits per heavy atom. The molecule has 6 N–H and O–H groups in total. The molecule has 0 radical (unpaired) electrons. The molecular formula is C31H48N2O8S. The first-order valence-corrected chi connectivity index (χ1v) is 16.3. The van der Waals surface area contributed by atoms with E-state index in [4.69, 9.17) is 14.6 Å². The molecule has 0 spiro atoms. The molecular weight excluding hydrogens is 560 g/mol. The first kappa shape index (κ1) is 35.7. The van der Waals surface area contributed by atoms with Crippen LogP contribution in [0, 0.1) is 0 Å². The summed E-state index contributed by atoms with van der Waals surface area (Å²) in [4.78, 5) is 9.36. The van der Waals surface area contributed by atoms with Crippen molar-refractivity contribution in [3.63, 3.8) is 0 Å². The summed E-state index contributed by atoms with van der Waals surface area (Å²) in [5, 5.41) is 39.8. The Balaban J connectivity index is 0.00000144. The zero-order valence-electron chi connectivity index (χ0n) is 24.6. The molecule has 1 aliphatic carbocycles. The number of ether oxygens (including phenoxy) is 1. The van der Waals surface area contributed by atoms with Crippen LogP contribution in [0.2, 0.25) is 0 Å². The molecule has 0 amide bonds. The quantitative estimate of drug-likeness (QED) is 0.129. The molecule has 3 rings (SSSR count). The summed E-state index contributed by atoms with van der Waals surface area (Å²) in [5.74, 6) is -0.798. The molecule has 236 valence electrons. The molecule has 1 fully saturated rings. The third kappa shape index (κ3) is 14.1. The Labute approximate surface area is 250 Å². The number of rotatable bonds is 19. The third-order valence-corrected chi connectivity index (χ3v) is 8.55. The van der Waals surface area contributed by atoms with Gasteiger partial charge in [-0.1, -0.05) is 37.5 Å². The van der Waals surface area contributed by atoms with Crippen molar-refractivity contribution < 1.29 is 38.4 Å². The largest absolute Gasteiger partial charge is 0.508 e. The van der Waals surface area contributed by atoms with Crippen molar-refractivity contribution in [2.45, 2.75) is 94.8 Å². The van der Waals surface area contributed by atoms with Gasteiger partial charge in [-0.15, -0.1) is 0 Å². The van der Waals surface area contributed by atoms with Gasteiger partial charge in [-0.3, -0.25) is 4.79 Å². The number of aliphatic carboxylic acids is 1. The Hall–Kier alpha value is -2.54. The number of sulfonamides is 1. The zero-order chi connectivity index (χ0) is 30.8. The van der Waals surface area contributed by atoms with E-state index in [0.717, 1.165) is 96.5 Å². The number of unbranched alkanes of at least 4 members (excludes halogenated alkanes) is 4. The lowest BCUT2D eigenvalue weighted by molar-refractivity contribution is -0.134. The highest BCUT2D eigenvalue weighted by Crippen LogP contribution is 2.23. The molecule has 1 saturated carbocycles. The van der Waals surface area contributed by atoms with Crippen LogP contribution in [-0.2, 0) is 32.6 Å². The Kier molecular flexibility index (Phi) is 16.6. The number of phenols is 1. The van der Waals surface area contributed by atoms with Crippen molar-refractivity contribution >= 4 is 16.0 Å². The highest BCUT2D eigenvalue weighted by atomic mass is 32.2. The number of aromatic hydroxyl groups is 1. The predicted molar refractivity (Wildman–Crippen MR) is 162 cm³/mol. The molecule has 0 heterocycles. The van der Waals surface area contributed by atoms with E-state index in [1.54, 1.807) is 24.3 Å². The second-order valence-electron chi connectivity index (χ2n) is 10.7.